The van der Waals surface area contributed by atoms with Crippen LogP contribution in [0.1, 0.15) is 36.0 Å². The lowest BCUT2D eigenvalue weighted by atomic mass is 9.92. The molecule has 4 N–H and O–H groups in total. The Bertz CT molecular complexity index is 878. The molecule has 0 spiro atoms. The van der Waals surface area contributed by atoms with Crippen molar-refractivity contribution < 1.29 is 9.90 Å². The second-order valence-corrected chi connectivity index (χ2v) is 8.69. The number of piperidine rings is 1. The fourth-order valence-electron chi connectivity index (χ4n) is 4.14. The fraction of sp³-hybridized carbons (Fsp3) is 0.455. The molecule has 1 atom stereocenters. The number of carbonyl (C=O) groups is 1. The van der Waals surface area contributed by atoms with Gasteiger partial charge in [0.15, 0.2) is 0 Å². The summed E-state index contributed by atoms with van der Waals surface area (Å²) in [4.78, 5) is 20.0. The molecule has 3 heterocycles. The van der Waals surface area contributed by atoms with E-state index in [0.717, 1.165) is 56.1 Å². The van der Waals surface area contributed by atoms with Crippen LogP contribution < -0.4 is 20.3 Å². The van der Waals surface area contributed by atoms with Gasteiger partial charge in [-0.25, -0.2) is 4.98 Å². The molecule has 4 bridgehead atoms. The number of aliphatic hydroxyl groups is 1. The van der Waals surface area contributed by atoms with Crippen LogP contribution in [0.5, 0.6) is 0 Å². The summed E-state index contributed by atoms with van der Waals surface area (Å²) in [6.07, 6.45) is 4.63. The first-order valence-electron chi connectivity index (χ1n) is 10.6. The monoisotopic (exact) mass is 427 g/mol. The number of nitrogens with zero attached hydrogens (tertiary/aromatic N) is 2. The molecule has 0 saturated carbocycles. The van der Waals surface area contributed by atoms with Gasteiger partial charge in [-0.2, -0.15) is 0 Å². The minimum Gasteiger partial charge on any atom is -0.395 e. The number of aliphatic hydroxyl groups excluding tert-OH is 1. The molecule has 2 aromatic rings. The Morgan fingerprint density at radius 3 is 2.97 bits per heavy atom. The zero-order valence-corrected chi connectivity index (χ0v) is 17.9. The topological polar surface area (TPSA) is 89.5 Å². The van der Waals surface area contributed by atoms with E-state index >= 15 is 0 Å². The van der Waals surface area contributed by atoms with Crippen molar-refractivity contribution >= 4 is 40.9 Å². The molecule has 1 fully saturated rings. The highest BCUT2D eigenvalue weighted by atomic mass is 32.2. The number of pyridine rings is 1. The van der Waals surface area contributed by atoms with Gasteiger partial charge in [-0.3, -0.25) is 4.79 Å². The van der Waals surface area contributed by atoms with Gasteiger partial charge in [0.2, 0.25) is 0 Å². The largest absolute Gasteiger partial charge is 0.395 e. The minimum atomic E-state index is -0.150. The number of amides is 1. The fourth-order valence-corrected chi connectivity index (χ4v) is 4.63. The first-order chi connectivity index (χ1) is 14.7. The Morgan fingerprint density at radius 1 is 1.20 bits per heavy atom. The van der Waals surface area contributed by atoms with Gasteiger partial charge < -0.3 is 25.4 Å². The lowest BCUT2D eigenvalue weighted by molar-refractivity contribution is 0.102. The summed E-state index contributed by atoms with van der Waals surface area (Å²) in [5, 5.41) is 15.4. The Labute approximate surface area is 181 Å². The number of rotatable bonds is 4. The van der Waals surface area contributed by atoms with Crippen LogP contribution in [0.4, 0.5) is 23.0 Å². The third kappa shape index (κ3) is 5.17. The average molecular weight is 428 g/mol. The Kier molecular flexibility index (Phi) is 6.96. The zero-order chi connectivity index (χ0) is 20.8. The van der Waals surface area contributed by atoms with Crippen molar-refractivity contribution in [2.45, 2.75) is 25.7 Å². The molecular formula is C22H29N5O2S. The summed E-state index contributed by atoms with van der Waals surface area (Å²) >= 11 is 1.46. The van der Waals surface area contributed by atoms with Gasteiger partial charge in [-0.1, -0.05) is 18.0 Å². The molecule has 1 unspecified atom stereocenters. The van der Waals surface area contributed by atoms with Gasteiger partial charge >= 0.3 is 0 Å². The minimum absolute atomic E-state index is 0.125. The molecule has 2 aliphatic heterocycles. The quantitative estimate of drug-likeness (QED) is 0.436. The Hall–Kier alpha value is -2.45. The van der Waals surface area contributed by atoms with Crippen LogP contribution in [0.2, 0.25) is 0 Å². The van der Waals surface area contributed by atoms with E-state index in [2.05, 4.69) is 31.3 Å². The predicted molar refractivity (Wildman–Crippen MR) is 124 cm³/mol. The molecule has 1 saturated heterocycles. The third-order valence-corrected chi connectivity index (χ3v) is 6.34. The summed E-state index contributed by atoms with van der Waals surface area (Å²) < 4.78 is 3.27. The first kappa shape index (κ1) is 20.8. The maximum absolute atomic E-state index is 13.2. The van der Waals surface area contributed by atoms with Gasteiger partial charge in [-0.15, -0.1) is 0 Å². The summed E-state index contributed by atoms with van der Waals surface area (Å²) in [5.41, 5.74) is 2.55. The van der Waals surface area contributed by atoms with Gasteiger partial charge in [0.25, 0.3) is 5.91 Å². The van der Waals surface area contributed by atoms with Crippen molar-refractivity contribution in [1.29, 1.82) is 0 Å². The lowest BCUT2D eigenvalue weighted by Crippen LogP contribution is -2.37. The van der Waals surface area contributed by atoms with E-state index in [4.69, 9.17) is 5.11 Å². The summed E-state index contributed by atoms with van der Waals surface area (Å²) in [6.45, 7) is 2.93. The van der Waals surface area contributed by atoms with Gasteiger partial charge in [0.05, 0.1) is 17.9 Å². The van der Waals surface area contributed by atoms with Gasteiger partial charge in [0.1, 0.15) is 11.6 Å². The highest BCUT2D eigenvalue weighted by Gasteiger charge is 2.24. The summed E-state index contributed by atoms with van der Waals surface area (Å²) in [7, 11) is 0. The molecule has 1 aromatic carbocycles. The number of anilines is 4. The van der Waals surface area contributed by atoms with Gasteiger partial charge in [0, 0.05) is 31.1 Å². The maximum Gasteiger partial charge on any atom is 0.258 e. The van der Waals surface area contributed by atoms with E-state index in [9.17, 15) is 4.79 Å². The normalized spacial score (nSPS) is 19.2. The number of fused-ring (bicyclic) bond motifs is 6. The predicted octanol–water partition coefficient (Wildman–Crippen LogP) is 3.81. The molecule has 8 heteroatoms. The van der Waals surface area contributed by atoms with Crippen LogP contribution in [-0.4, -0.2) is 48.0 Å². The maximum atomic E-state index is 13.2. The number of hydrogen-bond acceptors (Lipinski definition) is 7. The van der Waals surface area contributed by atoms with E-state index in [-0.39, 0.29) is 12.5 Å². The molecule has 30 heavy (non-hydrogen) atoms. The SMILES string of the molecule is O=C1Nc2cccc(n2)NCCCC2CCCN(C2)c2cc(NSCCO)ccc21. The van der Waals surface area contributed by atoms with Crippen molar-refractivity contribution in [3.05, 3.63) is 42.0 Å². The van der Waals surface area contributed by atoms with Crippen molar-refractivity contribution in [2.75, 3.05) is 52.2 Å². The van der Waals surface area contributed by atoms with Crippen LogP contribution in [0, 0.1) is 5.92 Å². The number of benzene rings is 1. The summed E-state index contributed by atoms with van der Waals surface area (Å²) in [6, 6.07) is 11.5. The standard InChI is InChI=1S/C22H29N5O2S/c28-12-13-30-26-17-8-9-18-19(14-17)27-11-3-5-16(15-27)4-2-10-23-20-6-1-7-21(24-20)25-22(18)29/h1,6-9,14,16,26,28H,2-5,10-13,15H2,(H2,23,24,25,29). The second kappa shape index (κ2) is 10.0. The molecule has 0 radical (unpaired) electrons. The number of aromatic nitrogens is 1. The van der Waals surface area contributed by atoms with Crippen molar-refractivity contribution in [3.63, 3.8) is 0 Å². The highest BCUT2D eigenvalue weighted by molar-refractivity contribution is 8.00. The van der Waals surface area contributed by atoms with Crippen molar-refractivity contribution in [3.8, 4) is 0 Å². The summed E-state index contributed by atoms with van der Waals surface area (Å²) in [5.74, 6) is 2.42. The van der Waals surface area contributed by atoms with E-state index in [1.165, 1.54) is 18.4 Å². The van der Waals surface area contributed by atoms with Crippen LogP contribution in [0.15, 0.2) is 36.4 Å². The van der Waals surface area contributed by atoms with Gasteiger partial charge in [-0.05, 0) is 61.9 Å². The molecule has 1 aromatic heterocycles. The Balaban J connectivity index is 1.67. The zero-order valence-electron chi connectivity index (χ0n) is 17.1. The van der Waals surface area contributed by atoms with Crippen LogP contribution >= 0.6 is 11.9 Å². The van der Waals surface area contributed by atoms with E-state index < -0.39 is 0 Å². The molecule has 160 valence electrons. The number of nitrogens with one attached hydrogen (secondary N) is 3. The van der Waals surface area contributed by atoms with E-state index in [1.807, 2.05) is 30.3 Å². The lowest BCUT2D eigenvalue weighted by Gasteiger charge is -2.36. The number of carbonyl (C=O) groups excluding carboxylic acids is 1. The molecule has 1 amide bonds. The smallest absolute Gasteiger partial charge is 0.258 e. The molecule has 4 rings (SSSR count). The molecular weight excluding hydrogens is 398 g/mol. The highest BCUT2D eigenvalue weighted by Crippen LogP contribution is 2.32. The van der Waals surface area contributed by atoms with Crippen molar-refractivity contribution in [1.82, 2.24) is 4.98 Å². The second-order valence-electron chi connectivity index (χ2n) is 7.79. The molecule has 2 aliphatic rings. The first-order valence-corrected chi connectivity index (χ1v) is 11.6. The number of hydrogen-bond donors (Lipinski definition) is 4. The Morgan fingerprint density at radius 2 is 2.07 bits per heavy atom. The average Bonchev–Trinajstić information content (AvgIpc) is 2.77. The van der Waals surface area contributed by atoms with E-state index in [1.54, 1.807) is 0 Å². The van der Waals surface area contributed by atoms with E-state index in [0.29, 0.717) is 23.1 Å². The van der Waals surface area contributed by atoms with Crippen LogP contribution in [-0.2, 0) is 0 Å². The third-order valence-electron chi connectivity index (χ3n) is 5.57. The van der Waals surface area contributed by atoms with Crippen LogP contribution in [0.3, 0.4) is 0 Å². The van der Waals surface area contributed by atoms with Crippen molar-refractivity contribution in [2.24, 2.45) is 5.92 Å². The van der Waals surface area contributed by atoms with Crippen LogP contribution in [0.25, 0.3) is 0 Å². The molecule has 7 nitrogen and oxygen atoms in total. The molecule has 0 aliphatic carbocycles.